The largest absolute Gasteiger partial charge is 0.472 e. The van der Waals surface area contributed by atoms with Crippen LogP contribution in [0.5, 0.6) is 0 Å². The minimum absolute atomic E-state index is 0.101. The lowest BCUT2D eigenvalue weighted by Gasteiger charge is -2.49. The fraction of sp³-hybridized carbons (Fsp3) is 0.579. The Kier molecular flexibility index (Phi) is 3.02. The zero-order valence-corrected chi connectivity index (χ0v) is 13.9. The molecule has 2 aliphatic heterocycles. The van der Waals surface area contributed by atoms with Gasteiger partial charge in [-0.05, 0) is 30.9 Å². The van der Waals surface area contributed by atoms with Crippen LogP contribution < -0.4 is 0 Å². The summed E-state index contributed by atoms with van der Waals surface area (Å²) in [6, 6.07) is 1.80. The number of carbonyl (C=O) groups is 2. The van der Waals surface area contributed by atoms with E-state index in [1.807, 2.05) is 6.92 Å². The molecule has 5 rings (SSSR count). The van der Waals surface area contributed by atoms with Crippen LogP contribution in [0.3, 0.4) is 0 Å². The molecule has 1 saturated carbocycles. The van der Waals surface area contributed by atoms with E-state index >= 15 is 0 Å². The van der Waals surface area contributed by atoms with Gasteiger partial charge in [0.1, 0.15) is 6.10 Å². The molecule has 1 aromatic rings. The summed E-state index contributed by atoms with van der Waals surface area (Å²) in [6.07, 6.45) is 4.11. The Hall–Kier alpha value is -2.08. The van der Waals surface area contributed by atoms with E-state index in [-0.39, 0.29) is 29.9 Å². The van der Waals surface area contributed by atoms with Crippen molar-refractivity contribution in [1.29, 1.82) is 0 Å². The number of carbonyl (C=O) groups excluding carboxylic acids is 2. The van der Waals surface area contributed by atoms with E-state index in [1.165, 1.54) is 0 Å². The molecule has 1 aromatic heterocycles. The number of ether oxygens (including phenoxy) is 2. The van der Waals surface area contributed by atoms with Crippen molar-refractivity contribution in [1.82, 2.24) is 0 Å². The predicted molar refractivity (Wildman–Crippen MR) is 84.0 cm³/mol. The molecule has 0 bridgehead atoms. The van der Waals surface area contributed by atoms with Crippen LogP contribution in [0, 0.1) is 17.3 Å². The summed E-state index contributed by atoms with van der Waals surface area (Å²) in [5.74, 6) is -1.05. The molecule has 4 aliphatic rings. The number of cyclic esters (lactones) is 1. The van der Waals surface area contributed by atoms with E-state index in [1.54, 1.807) is 18.6 Å². The first-order valence-corrected chi connectivity index (χ1v) is 8.89. The van der Waals surface area contributed by atoms with Gasteiger partial charge < -0.3 is 19.0 Å². The first-order valence-electron chi connectivity index (χ1n) is 8.89. The number of aliphatic hydroxyl groups excluding tert-OH is 1. The average molecular weight is 344 g/mol. The summed E-state index contributed by atoms with van der Waals surface area (Å²) in [6.45, 7) is 1.88. The third-order valence-corrected chi connectivity index (χ3v) is 6.75. The standard InChI is InChI=1S/C19H20O6/c1-9-15(20)16-14-11(17(21)25-16)3-2-4-12(14)19(9)7-13(24-18(19)22)10-5-6-23-8-10/h5-6,8-9,12-13,15-16,20H,2-4,7H2,1H3/t9-,12+,13+,15+,16-,19-/m1/s1. The minimum Gasteiger partial charge on any atom is -0.472 e. The smallest absolute Gasteiger partial charge is 0.334 e. The number of hydrogen-bond donors (Lipinski definition) is 1. The zero-order valence-electron chi connectivity index (χ0n) is 13.9. The number of aliphatic hydroxyl groups is 1. The Morgan fingerprint density at radius 1 is 1.28 bits per heavy atom. The summed E-state index contributed by atoms with van der Waals surface area (Å²) in [4.78, 5) is 25.3. The van der Waals surface area contributed by atoms with Crippen molar-refractivity contribution in [2.75, 3.05) is 0 Å². The van der Waals surface area contributed by atoms with E-state index in [4.69, 9.17) is 13.9 Å². The van der Waals surface area contributed by atoms with E-state index < -0.39 is 17.6 Å². The molecule has 132 valence electrons. The molecule has 1 spiro atoms. The molecule has 3 heterocycles. The van der Waals surface area contributed by atoms with Crippen molar-refractivity contribution >= 4 is 11.9 Å². The molecule has 25 heavy (non-hydrogen) atoms. The van der Waals surface area contributed by atoms with Gasteiger partial charge in [0, 0.05) is 29.4 Å². The van der Waals surface area contributed by atoms with Gasteiger partial charge in [-0.25, -0.2) is 4.79 Å². The highest BCUT2D eigenvalue weighted by Gasteiger charge is 2.67. The molecule has 0 unspecified atom stereocenters. The topological polar surface area (TPSA) is 86.0 Å². The van der Waals surface area contributed by atoms with Crippen LogP contribution in [0.1, 0.15) is 44.3 Å². The summed E-state index contributed by atoms with van der Waals surface area (Å²) >= 11 is 0. The number of furan rings is 1. The molecule has 0 radical (unpaired) electrons. The summed E-state index contributed by atoms with van der Waals surface area (Å²) in [5, 5.41) is 10.8. The second-order valence-corrected chi connectivity index (χ2v) is 7.68. The molecule has 0 amide bonds. The van der Waals surface area contributed by atoms with Gasteiger partial charge in [0.25, 0.3) is 0 Å². The van der Waals surface area contributed by atoms with Gasteiger partial charge >= 0.3 is 11.9 Å². The third kappa shape index (κ3) is 1.78. The van der Waals surface area contributed by atoms with Crippen LogP contribution in [0.15, 0.2) is 34.2 Å². The Balaban J connectivity index is 1.63. The predicted octanol–water partition coefficient (Wildman–Crippen LogP) is 2.29. The minimum atomic E-state index is -0.888. The van der Waals surface area contributed by atoms with E-state index in [0.717, 1.165) is 24.0 Å². The lowest BCUT2D eigenvalue weighted by molar-refractivity contribution is -0.166. The highest BCUT2D eigenvalue weighted by Crippen LogP contribution is 2.62. The number of fused-ring (bicyclic) bond motifs is 1. The molecule has 6 heteroatoms. The fourth-order valence-corrected chi connectivity index (χ4v) is 5.48. The number of hydrogen-bond acceptors (Lipinski definition) is 6. The molecule has 2 aliphatic carbocycles. The Bertz CT molecular complexity index is 778. The van der Waals surface area contributed by atoms with Crippen molar-refractivity contribution in [2.24, 2.45) is 17.3 Å². The van der Waals surface area contributed by atoms with Crippen LogP contribution in [-0.2, 0) is 19.1 Å². The maximum Gasteiger partial charge on any atom is 0.334 e. The van der Waals surface area contributed by atoms with Crippen LogP contribution in [0.4, 0.5) is 0 Å². The summed E-state index contributed by atoms with van der Waals surface area (Å²) in [7, 11) is 0. The van der Waals surface area contributed by atoms with Gasteiger partial charge in [-0.3, -0.25) is 4.79 Å². The van der Waals surface area contributed by atoms with Gasteiger partial charge in [-0.15, -0.1) is 0 Å². The van der Waals surface area contributed by atoms with Gasteiger partial charge in [-0.2, -0.15) is 0 Å². The monoisotopic (exact) mass is 344 g/mol. The molecule has 2 fully saturated rings. The van der Waals surface area contributed by atoms with Crippen molar-refractivity contribution in [2.45, 2.75) is 50.9 Å². The van der Waals surface area contributed by atoms with Crippen LogP contribution in [0.25, 0.3) is 0 Å². The Labute approximate surface area is 144 Å². The average Bonchev–Trinajstić information content (AvgIpc) is 3.31. The zero-order chi connectivity index (χ0) is 17.3. The normalized spacial score (nSPS) is 42.6. The van der Waals surface area contributed by atoms with Crippen molar-refractivity contribution in [3.05, 3.63) is 35.3 Å². The van der Waals surface area contributed by atoms with Crippen LogP contribution in [0.2, 0.25) is 0 Å². The van der Waals surface area contributed by atoms with Gasteiger partial charge in [0.05, 0.1) is 24.0 Å². The Morgan fingerprint density at radius 3 is 2.88 bits per heavy atom. The highest BCUT2D eigenvalue weighted by atomic mass is 16.6. The van der Waals surface area contributed by atoms with E-state index in [9.17, 15) is 14.7 Å². The highest BCUT2D eigenvalue weighted by molar-refractivity contribution is 5.94. The van der Waals surface area contributed by atoms with Crippen molar-refractivity contribution in [3.8, 4) is 0 Å². The maximum atomic E-state index is 13.1. The Morgan fingerprint density at radius 2 is 2.12 bits per heavy atom. The lowest BCUT2D eigenvalue weighted by Crippen LogP contribution is -2.56. The summed E-state index contributed by atoms with van der Waals surface area (Å²) < 4.78 is 16.3. The SMILES string of the molecule is C[C@@H]1[C@H](O)[C@@H]2OC(=O)C3=C2[C@H](CCC3)[C@@]12C[C@@H](c1ccoc1)OC2=O. The van der Waals surface area contributed by atoms with Crippen LogP contribution in [-0.4, -0.2) is 29.3 Å². The van der Waals surface area contributed by atoms with E-state index in [0.29, 0.717) is 18.4 Å². The fourth-order valence-electron chi connectivity index (χ4n) is 5.48. The molecular weight excluding hydrogens is 324 g/mol. The third-order valence-electron chi connectivity index (χ3n) is 6.75. The van der Waals surface area contributed by atoms with Gasteiger partial charge in [0.15, 0.2) is 6.10 Å². The molecule has 1 saturated heterocycles. The molecule has 0 aromatic carbocycles. The molecule has 1 N–H and O–H groups in total. The number of esters is 2. The second kappa shape index (κ2) is 4.97. The number of rotatable bonds is 1. The van der Waals surface area contributed by atoms with Crippen molar-refractivity contribution < 1.29 is 28.6 Å². The molecule has 6 atom stereocenters. The molecular formula is C19H20O6. The van der Waals surface area contributed by atoms with Gasteiger partial charge in [-0.1, -0.05) is 6.92 Å². The molecule has 6 nitrogen and oxygen atoms in total. The lowest BCUT2D eigenvalue weighted by atomic mass is 9.53. The summed E-state index contributed by atoms with van der Waals surface area (Å²) in [5.41, 5.74) is 1.54. The first-order chi connectivity index (χ1) is 12.0. The quantitative estimate of drug-likeness (QED) is 0.787. The second-order valence-electron chi connectivity index (χ2n) is 7.68. The van der Waals surface area contributed by atoms with Crippen molar-refractivity contribution in [3.63, 3.8) is 0 Å². The maximum absolute atomic E-state index is 13.1. The van der Waals surface area contributed by atoms with Crippen LogP contribution >= 0.6 is 0 Å². The van der Waals surface area contributed by atoms with Gasteiger partial charge in [0.2, 0.25) is 0 Å². The van der Waals surface area contributed by atoms with E-state index in [2.05, 4.69) is 0 Å². The first kappa shape index (κ1) is 15.2.